The van der Waals surface area contributed by atoms with E-state index in [1.165, 1.54) is 69.7 Å². The summed E-state index contributed by atoms with van der Waals surface area (Å²) in [5.74, 6) is 5.45. The van der Waals surface area contributed by atoms with Crippen molar-refractivity contribution in [1.82, 2.24) is 14.9 Å². The van der Waals surface area contributed by atoms with Crippen LogP contribution in [0.4, 0.5) is 11.6 Å². The van der Waals surface area contributed by atoms with Crippen LogP contribution in [0.5, 0.6) is 0 Å². The Morgan fingerprint density at radius 1 is 0.846 bits per heavy atom. The number of likely N-dealkylation sites (tertiary alicyclic amines) is 1. The first kappa shape index (κ1) is 18.4. The van der Waals surface area contributed by atoms with Gasteiger partial charge in [-0.05, 0) is 44.7 Å². The molecule has 3 aliphatic heterocycles. The van der Waals surface area contributed by atoms with Crippen molar-refractivity contribution in [3.8, 4) is 0 Å². The molecule has 1 aromatic heterocycles. The summed E-state index contributed by atoms with van der Waals surface area (Å²) in [6.45, 7) is 8.41. The molecule has 3 fully saturated rings. The molecule has 5 nitrogen and oxygen atoms in total. The molecule has 6 heteroatoms. The first-order valence-electron chi connectivity index (χ1n) is 10.5. The van der Waals surface area contributed by atoms with E-state index in [-0.39, 0.29) is 0 Å². The molecule has 1 atom stereocenters. The Balaban J connectivity index is 1.37. The van der Waals surface area contributed by atoms with Gasteiger partial charge in [-0.15, -0.1) is 0 Å². The molecule has 0 aromatic carbocycles. The second-order valence-corrected chi connectivity index (χ2v) is 9.23. The Morgan fingerprint density at radius 2 is 1.58 bits per heavy atom. The van der Waals surface area contributed by atoms with E-state index in [0.717, 1.165) is 43.7 Å². The summed E-state index contributed by atoms with van der Waals surface area (Å²) in [5.41, 5.74) is 0. The van der Waals surface area contributed by atoms with Crippen LogP contribution in [-0.2, 0) is 0 Å². The van der Waals surface area contributed by atoms with Crippen molar-refractivity contribution in [3.05, 3.63) is 12.4 Å². The monoisotopic (exact) mass is 375 g/mol. The maximum absolute atomic E-state index is 4.62. The lowest BCUT2D eigenvalue weighted by molar-refractivity contribution is 0.222. The van der Waals surface area contributed by atoms with Gasteiger partial charge in [0.2, 0.25) is 0 Å². The molecule has 0 spiro atoms. The molecule has 0 amide bonds. The van der Waals surface area contributed by atoms with Crippen LogP contribution in [-0.4, -0.2) is 72.2 Å². The molecule has 1 aromatic rings. The Morgan fingerprint density at radius 3 is 2.35 bits per heavy atom. The zero-order valence-corrected chi connectivity index (χ0v) is 16.8. The maximum atomic E-state index is 4.62. The summed E-state index contributed by atoms with van der Waals surface area (Å²) >= 11 is 2.04. The van der Waals surface area contributed by atoms with Crippen LogP contribution in [0.2, 0.25) is 0 Å². The lowest BCUT2D eigenvalue weighted by atomic mass is 9.97. The van der Waals surface area contributed by atoms with Crippen molar-refractivity contribution >= 4 is 23.4 Å². The summed E-state index contributed by atoms with van der Waals surface area (Å²) in [4.78, 5) is 16.8. The van der Waals surface area contributed by atoms with Crippen molar-refractivity contribution in [3.63, 3.8) is 0 Å². The highest BCUT2D eigenvalue weighted by Gasteiger charge is 2.24. The minimum Gasteiger partial charge on any atom is -0.356 e. The first-order chi connectivity index (χ1) is 12.9. The van der Waals surface area contributed by atoms with Gasteiger partial charge in [0.1, 0.15) is 18.0 Å². The summed E-state index contributed by atoms with van der Waals surface area (Å²) in [5, 5.41) is 0. The van der Waals surface area contributed by atoms with Gasteiger partial charge in [0.25, 0.3) is 0 Å². The third-order valence-corrected chi connectivity index (χ3v) is 6.97. The number of nitrogens with zero attached hydrogens (tertiary/aromatic N) is 5. The van der Waals surface area contributed by atoms with E-state index in [4.69, 9.17) is 0 Å². The predicted molar refractivity (Wildman–Crippen MR) is 111 cm³/mol. The number of piperidine rings is 1. The summed E-state index contributed by atoms with van der Waals surface area (Å²) in [6.07, 6.45) is 10.1. The van der Waals surface area contributed by atoms with Gasteiger partial charge in [0.15, 0.2) is 0 Å². The molecule has 144 valence electrons. The number of rotatable bonds is 4. The summed E-state index contributed by atoms with van der Waals surface area (Å²) in [6, 6.07) is 2.23. The molecular weight excluding hydrogens is 342 g/mol. The topological polar surface area (TPSA) is 35.5 Å². The van der Waals surface area contributed by atoms with Gasteiger partial charge in [-0.25, -0.2) is 9.97 Å². The number of hydrogen-bond acceptors (Lipinski definition) is 6. The van der Waals surface area contributed by atoms with Crippen molar-refractivity contribution in [1.29, 1.82) is 0 Å². The molecule has 0 radical (unpaired) electrons. The van der Waals surface area contributed by atoms with Gasteiger partial charge in [0, 0.05) is 50.3 Å². The maximum Gasteiger partial charge on any atom is 0.134 e. The van der Waals surface area contributed by atoms with Gasteiger partial charge in [-0.2, -0.15) is 11.8 Å². The molecule has 4 rings (SSSR count). The third-order valence-electron chi connectivity index (χ3n) is 6.03. The molecule has 0 saturated carbocycles. The smallest absolute Gasteiger partial charge is 0.134 e. The van der Waals surface area contributed by atoms with E-state index in [9.17, 15) is 0 Å². The molecule has 4 heterocycles. The normalized spacial score (nSPS) is 25.9. The number of anilines is 2. The van der Waals surface area contributed by atoms with Crippen LogP contribution in [0, 0.1) is 5.92 Å². The molecule has 0 N–H and O–H groups in total. The number of hydrogen-bond donors (Lipinski definition) is 0. The van der Waals surface area contributed by atoms with Gasteiger partial charge < -0.3 is 14.7 Å². The van der Waals surface area contributed by atoms with Gasteiger partial charge in [0.05, 0.1) is 0 Å². The molecule has 3 aliphatic rings. The molecule has 26 heavy (non-hydrogen) atoms. The fourth-order valence-electron chi connectivity index (χ4n) is 4.58. The van der Waals surface area contributed by atoms with E-state index in [1.807, 2.05) is 11.8 Å². The summed E-state index contributed by atoms with van der Waals surface area (Å²) < 4.78 is 0. The van der Waals surface area contributed by atoms with Crippen molar-refractivity contribution in [2.45, 2.75) is 38.5 Å². The van der Waals surface area contributed by atoms with E-state index in [1.54, 1.807) is 6.33 Å². The standard InChI is InChI=1S/C20H33N5S/c1-2-4-8-23(7-3-1)15-18-6-5-9-25(16-18)20-14-19(21-17-22-20)24-10-12-26-13-11-24/h14,17-18H,1-13,15-16H2. The Bertz CT molecular complexity index is 555. The lowest BCUT2D eigenvalue weighted by Gasteiger charge is -2.36. The van der Waals surface area contributed by atoms with Crippen LogP contribution in [0.25, 0.3) is 0 Å². The highest BCUT2D eigenvalue weighted by Crippen LogP contribution is 2.26. The average Bonchev–Trinajstić information content (AvgIpc) is 2.98. The fraction of sp³-hybridized carbons (Fsp3) is 0.800. The second kappa shape index (κ2) is 9.27. The molecular formula is C20H33N5S. The van der Waals surface area contributed by atoms with E-state index < -0.39 is 0 Å². The molecule has 0 aliphatic carbocycles. The van der Waals surface area contributed by atoms with Crippen molar-refractivity contribution < 1.29 is 0 Å². The van der Waals surface area contributed by atoms with Crippen LogP contribution in [0.1, 0.15) is 38.5 Å². The van der Waals surface area contributed by atoms with Gasteiger partial charge in [-0.3, -0.25) is 0 Å². The van der Waals surface area contributed by atoms with E-state index in [0.29, 0.717) is 0 Å². The Labute approximate surface area is 162 Å². The zero-order valence-electron chi connectivity index (χ0n) is 16.0. The number of thioether (sulfide) groups is 1. The van der Waals surface area contributed by atoms with Gasteiger partial charge >= 0.3 is 0 Å². The largest absolute Gasteiger partial charge is 0.356 e. The second-order valence-electron chi connectivity index (χ2n) is 8.00. The van der Waals surface area contributed by atoms with Gasteiger partial charge in [-0.1, -0.05) is 12.8 Å². The molecule has 3 saturated heterocycles. The van der Waals surface area contributed by atoms with Crippen LogP contribution in [0.3, 0.4) is 0 Å². The van der Waals surface area contributed by atoms with E-state index >= 15 is 0 Å². The Kier molecular flexibility index (Phi) is 6.54. The molecule has 0 bridgehead atoms. The molecule has 1 unspecified atom stereocenters. The first-order valence-corrected chi connectivity index (χ1v) is 11.7. The highest BCUT2D eigenvalue weighted by molar-refractivity contribution is 7.99. The van der Waals surface area contributed by atoms with E-state index in [2.05, 4.69) is 30.7 Å². The van der Waals surface area contributed by atoms with Crippen LogP contribution in [0.15, 0.2) is 12.4 Å². The van der Waals surface area contributed by atoms with Crippen molar-refractivity contribution in [2.75, 3.05) is 67.1 Å². The quantitative estimate of drug-likeness (QED) is 0.805. The zero-order chi connectivity index (χ0) is 17.6. The minimum atomic E-state index is 0.784. The average molecular weight is 376 g/mol. The fourth-order valence-corrected chi connectivity index (χ4v) is 5.48. The SMILES string of the molecule is c1nc(N2CCSCC2)cc(N2CCCC(CN3CCCCCC3)C2)n1. The van der Waals surface area contributed by atoms with Crippen LogP contribution >= 0.6 is 11.8 Å². The Hall–Kier alpha value is -1.01. The minimum absolute atomic E-state index is 0.784. The van der Waals surface area contributed by atoms with Crippen LogP contribution < -0.4 is 9.80 Å². The summed E-state index contributed by atoms with van der Waals surface area (Å²) in [7, 11) is 0. The number of aromatic nitrogens is 2. The predicted octanol–water partition coefficient (Wildman–Crippen LogP) is 3.12. The third kappa shape index (κ3) is 4.83. The highest BCUT2D eigenvalue weighted by atomic mass is 32.2. The lowest BCUT2D eigenvalue weighted by Crippen LogP contribution is -2.42. The van der Waals surface area contributed by atoms with Crippen molar-refractivity contribution in [2.24, 2.45) is 5.92 Å².